The van der Waals surface area contributed by atoms with Gasteiger partial charge in [-0.25, -0.2) is 0 Å². The summed E-state index contributed by atoms with van der Waals surface area (Å²) in [6.45, 7) is 3.02. The molecule has 1 atom stereocenters. The fourth-order valence-electron chi connectivity index (χ4n) is 4.49. The van der Waals surface area contributed by atoms with Crippen LogP contribution in [0.4, 0.5) is 5.88 Å². The summed E-state index contributed by atoms with van der Waals surface area (Å²) in [5, 5.41) is 14.4. The van der Waals surface area contributed by atoms with Crippen LogP contribution in [0, 0.1) is 11.3 Å². The SMILES string of the molecule is N#Cc1nc(-c2ccc(OCc3ccccc3Cl)cc2)oc1NC[C@@H](c1ccc(Cl)cc1)N1CCCC1. The largest absolute Gasteiger partial charge is 0.489 e. The summed E-state index contributed by atoms with van der Waals surface area (Å²) in [5.74, 6) is 1.45. The highest BCUT2D eigenvalue weighted by Gasteiger charge is 2.25. The Hall–Kier alpha value is -3.50. The van der Waals surface area contributed by atoms with E-state index in [0.29, 0.717) is 40.7 Å². The van der Waals surface area contributed by atoms with Gasteiger partial charge in [-0.15, -0.1) is 0 Å². The van der Waals surface area contributed by atoms with Gasteiger partial charge < -0.3 is 14.5 Å². The highest BCUT2D eigenvalue weighted by atomic mass is 35.5. The molecule has 0 radical (unpaired) electrons. The minimum absolute atomic E-state index is 0.134. The summed E-state index contributed by atoms with van der Waals surface area (Å²) in [6.07, 6.45) is 2.36. The van der Waals surface area contributed by atoms with Gasteiger partial charge in [-0.1, -0.05) is 53.5 Å². The maximum absolute atomic E-state index is 9.68. The van der Waals surface area contributed by atoms with E-state index in [1.165, 1.54) is 18.4 Å². The normalized spacial score (nSPS) is 14.3. The van der Waals surface area contributed by atoms with Crippen molar-refractivity contribution in [2.45, 2.75) is 25.5 Å². The van der Waals surface area contributed by atoms with Crippen molar-refractivity contribution in [2.24, 2.45) is 0 Å². The molecule has 2 heterocycles. The number of hydrogen-bond acceptors (Lipinski definition) is 6. The lowest BCUT2D eigenvalue weighted by molar-refractivity contribution is 0.255. The molecule has 1 aliphatic rings. The maximum atomic E-state index is 9.68. The standard InChI is InChI=1S/C29H26Cl2N4O2/c30-23-11-7-20(8-12-23)27(35-15-3-4-16-35)18-33-29-26(17-32)34-28(37-29)21-9-13-24(14-10-21)36-19-22-5-1-2-6-25(22)31/h1-2,5-14,27,33H,3-4,15-16,18-19H2/t27-/m0/s1. The second-order valence-corrected chi connectivity index (χ2v) is 9.75. The summed E-state index contributed by atoms with van der Waals surface area (Å²) < 4.78 is 11.9. The predicted octanol–water partition coefficient (Wildman–Crippen LogP) is 7.35. The third kappa shape index (κ3) is 6.08. The van der Waals surface area contributed by atoms with Crippen LogP contribution >= 0.6 is 23.2 Å². The van der Waals surface area contributed by atoms with E-state index in [1.807, 2.05) is 60.7 Å². The van der Waals surface area contributed by atoms with E-state index in [9.17, 15) is 5.26 Å². The van der Waals surface area contributed by atoms with Gasteiger partial charge in [0.1, 0.15) is 18.4 Å². The van der Waals surface area contributed by atoms with Gasteiger partial charge in [0.25, 0.3) is 0 Å². The first kappa shape index (κ1) is 25.2. The topological polar surface area (TPSA) is 74.3 Å². The number of halogens is 2. The summed E-state index contributed by atoms with van der Waals surface area (Å²) in [5.41, 5.74) is 3.07. The average Bonchev–Trinajstić information content (AvgIpc) is 3.60. The molecule has 37 heavy (non-hydrogen) atoms. The van der Waals surface area contributed by atoms with Crippen LogP contribution < -0.4 is 10.1 Å². The third-order valence-electron chi connectivity index (χ3n) is 6.48. The van der Waals surface area contributed by atoms with Crippen LogP contribution in [0.2, 0.25) is 10.0 Å². The Balaban J connectivity index is 1.28. The molecule has 1 aromatic heterocycles. The summed E-state index contributed by atoms with van der Waals surface area (Å²) in [6, 6.07) is 25.2. The maximum Gasteiger partial charge on any atom is 0.232 e. The zero-order chi connectivity index (χ0) is 25.6. The van der Waals surface area contributed by atoms with Crippen molar-refractivity contribution >= 4 is 29.1 Å². The molecule has 0 amide bonds. The smallest absolute Gasteiger partial charge is 0.232 e. The van der Waals surface area contributed by atoms with Gasteiger partial charge in [-0.3, -0.25) is 4.90 Å². The highest BCUT2D eigenvalue weighted by Crippen LogP contribution is 2.30. The van der Waals surface area contributed by atoms with Crippen molar-refractivity contribution in [3.8, 4) is 23.3 Å². The zero-order valence-corrected chi connectivity index (χ0v) is 21.7. The van der Waals surface area contributed by atoms with Crippen LogP contribution in [-0.2, 0) is 6.61 Å². The fraction of sp³-hybridized carbons (Fsp3) is 0.241. The van der Waals surface area contributed by atoms with Crippen molar-refractivity contribution in [2.75, 3.05) is 25.0 Å². The predicted molar refractivity (Wildman–Crippen MR) is 146 cm³/mol. The zero-order valence-electron chi connectivity index (χ0n) is 20.2. The van der Waals surface area contributed by atoms with Gasteiger partial charge in [-0.2, -0.15) is 10.2 Å². The van der Waals surface area contributed by atoms with Crippen molar-refractivity contribution in [3.63, 3.8) is 0 Å². The number of rotatable bonds is 9. The molecule has 0 aliphatic carbocycles. The Morgan fingerprint density at radius 3 is 2.43 bits per heavy atom. The van der Waals surface area contributed by atoms with E-state index in [-0.39, 0.29) is 11.7 Å². The third-order valence-corrected chi connectivity index (χ3v) is 7.10. The first-order valence-corrected chi connectivity index (χ1v) is 13.0. The van der Waals surface area contributed by atoms with Gasteiger partial charge >= 0.3 is 0 Å². The van der Waals surface area contributed by atoms with Gasteiger partial charge in [0, 0.05) is 27.7 Å². The summed E-state index contributed by atoms with van der Waals surface area (Å²) >= 11 is 12.3. The van der Waals surface area contributed by atoms with E-state index >= 15 is 0 Å². The van der Waals surface area contributed by atoms with Gasteiger partial charge in [0.15, 0.2) is 0 Å². The van der Waals surface area contributed by atoms with Crippen molar-refractivity contribution in [1.82, 2.24) is 9.88 Å². The molecule has 1 aliphatic heterocycles. The van der Waals surface area contributed by atoms with E-state index in [0.717, 1.165) is 24.2 Å². The van der Waals surface area contributed by atoms with Crippen LogP contribution in [-0.4, -0.2) is 29.5 Å². The molecule has 6 nitrogen and oxygen atoms in total. The quantitative estimate of drug-likeness (QED) is 0.243. The Morgan fingerprint density at radius 2 is 1.73 bits per heavy atom. The number of nitrogens with zero attached hydrogens (tertiary/aromatic N) is 3. The van der Waals surface area contributed by atoms with Crippen molar-refractivity contribution in [1.29, 1.82) is 5.26 Å². The molecular formula is C29H26Cl2N4O2. The first-order chi connectivity index (χ1) is 18.1. The van der Waals surface area contributed by atoms with Gasteiger partial charge in [0.2, 0.25) is 17.5 Å². The van der Waals surface area contributed by atoms with Crippen molar-refractivity contribution in [3.05, 3.63) is 99.7 Å². The molecule has 1 N–H and O–H groups in total. The van der Waals surface area contributed by atoms with E-state index in [4.69, 9.17) is 32.4 Å². The lowest BCUT2D eigenvalue weighted by Crippen LogP contribution is -2.31. The van der Waals surface area contributed by atoms with Crippen LogP contribution in [0.3, 0.4) is 0 Å². The van der Waals surface area contributed by atoms with Gasteiger partial charge in [-0.05, 0) is 74.0 Å². The molecule has 0 saturated carbocycles. The summed E-state index contributed by atoms with van der Waals surface area (Å²) in [4.78, 5) is 6.86. The Labute approximate surface area is 226 Å². The lowest BCUT2D eigenvalue weighted by atomic mass is 10.1. The van der Waals surface area contributed by atoms with Crippen LogP contribution in [0.1, 0.15) is 35.7 Å². The van der Waals surface area contributed by atoms with Crippen LogP contribution in [0.5, 0.6) is 5.75 Å². The van der Waals surface area contributed by atoms with Gasteiger partial charge in [0.05, 0.1) is 6.04 Å². The monoisotopic (exact) mass is 532 g/mol. The number of ether oxygens (including phenoxy) is 1. The molecule has 5 rings (SSSR count). The number of oxazole rings is 1. The lowest BCUT2D eigenvalue weighted by Gasteiger charge is -2.28. The molecule has 188 valence electrons. The Kier molecular flexibility index (Phi) is 7.96. The molecule has 1 saturated heterocycles. The summed E-state index contributed by atoms with van der Waals surface area (Å²) in [7, 11) is 0. The number of hydrogen-bond donors (Lipinski definition) is 1. The minimum atomic E-state index is 0.134. The molecule has 0 bridgehead atoms. The number of likely N-dealkylation sites (tertiary alicyclic amines) is 1. The number of benzene rings is 3. The molecule has 0 unspecified atom stereocenters. The van der Waals surface area contributed by atoms with E-state index in [2.05, 4.69) is 33.4 Å². The molecule has 8 heteroatoms. The van der Waals surface area contributed by atoms with Crippen LogP contribution in [0.15, 0.2) is 77.2 Å². The highest BCUT2D eigenvalue weighted by molar-refractivity contribution is 6.31. The van der Waals surface area contributed by atoms with Crippen molar-refractivity contribution < 1.29 is 9.15 Å². The fourth-order valence-corrected chi connectivity index (χ4v) is 4.81. The van der Waals surface area contributed by atoms with Crippen LogP contribution in [0.25, 0.3) is 11.5 Å². The molecule has 4 aromatic rings. The number of anilines is 1. The molecule has 3 aromatic carbocycles. The Morgan fingerprint density at radius 1 is 1.00 bits per heavy atom. The van der Waals surface area contributed by atoms with E-state index < -0.39 is 0 Å². The second kappa shape index (κ2) is 11.7. The molecule has 1 fully saturated rings. The average molecular weight is 533 g/mol. The number of aromatic nitrogens is 1. The Bertz CT molecular complexity index is 1370. The molecule has 0 spiro atoms. The second-order valence-electron chi connectivity index (χ2n) is 8.90. The molecular weight excluding hydrogens is 507 g/mol. The number of nitrogens with one attached hydrogen (secondary N) is 1. The minimum Gasteiger partial charge on any atom is -0.489 e. The first-order valence-electron chi connectivity index (χ1n) is 12.2. The van der Waals surface area contributed by atoms with E-state index in [1.54, 1.807) is 0 Å². The number of nitriles is 1.